The average Bonchev–Trinajstić information content (AvgIpc) is 3.02. The summed E-state index contributed by atoms with van der Waals surface area (Å²) in [4.78, 5) is 2.41. The first kappa shape index (κ1) is 11.1. The van der Waals surface area contributed by atoms with Crippen molar-refractivity contribution in [3.8, 4) is 0 Å². The molecular weight excluding hydrogens is 198 g/mol. The first-order valence-electron chi connectivity index (χ1n) is 5.99. The van der Waals surface area contributed by atoms with Crippen molar-refractivity contribution in [3.63, 3.8) is 0 Å². The normalized spacial score (nSPS) is 15.4. The van der Waals surface area contributed by atoms with Gasteiger partial charge in [-0.3, -0.25) is 0 Å². The van der Waals surface area contributed by atoms with Gasteiger partial charge in [-0.25, -0.2) is 0 Å². The molecule has 4 N–H and O–H groups in total. The maximum Gasteiger partial charge on any atom is 0.0568 e. The molecule has 0 bridgehead atoms. The highest BCUT2D eigenvalue weighted by atomic mass is 15.2. The third-order valence-corrected chi connectivity index (χ3v) is 3.18. The van der Waals surface area contributed by atoms with Crippen molar-refractivity contribution in [1.29, 1.82) is 0 Å². The van der Waals surface area contributed by atoms with Gasteiger partial charge in [0.15, 0.2) is 0 Å². The van der Waals surface area contributed by atoms with E-state index < -0.39 is 0 Å². The van der Waals surface area contributed by atoms with E-state index in [2.05, 4.69) is 24.8 Å². The lowest BCUT2D eigenvalue weighted by Gasteiger charge is -2.29. The Morgan fingerprint density at radius 3 is 2.44 bits per heavy atom. The fourth-order valence-corrected chi connectivity index (χ4v) is 1.93. The monoisotopic (exact) mass is 219 g/mol. The Labute approximate surface area is 97.4 Å². The summed E-state index contributed by atoms with van der Waals surface area (Å²) in [7, 11) is 0. The Morgan fingerprint density at radius 1 is 1.25 bits per heavy atom. The number of rotatable bonds is 4. The van der Waals surface area contributed by atoms with Crippen molar-refractivity contribution in [1.82, 2.24) is 0 Å². The van der Waals surface area contributed by atoms with Crippen LogP contribution in [0.4, 0.5) is 17.1 Å². The molecular formula is C13H21N3. The van der Waals surface area contributed by atoms with Crippen molar-refractivity contribution in [2.24, 2.45) is 5.92 Å². The van der Waals surface area contributed by atoms with E-state index in [0.717, 1.165) is 12.5 Å². The summed E-state index contributed by atoms with van der Waals surface area (Å²) in [6.07, 6.45) is 2.74. The summed E-state index contributed by atoms with van der Waals surface area (Å²) in [6, 6.07) is 6.45. The highest BCUT2D eigenvalue weighted by Crippen LogP contribution is 2.33. The van der Waals surface area contributed by atoms with E-state index in [0.29, 0.717) is 17.4 Å². The number of benzene rings is 1. The van der Waals surface area contributed by atoms with Crippen LogP contribution in [0.25, 0.3) is 0 Å². The summed E-state index contributed by atoms with van der Waals surface area (Å²) in [6.45, 7) is 5.57. The van der Waals surface area contributed by atoms with Crippen molar-refractivity contribution in [3.05, 3.63) is 18.2 Å². The molecule has 2 rings (SSSR count). The standard InChI is InChI=1S/C13H21N3/c1-9(2)16(8-10-3-4-10)11-5-6-12(14)13(15)7-11/h5-7,9-10H,3-4,8,14-15H2,1-2H3. The molecule has 0 unspecified atom stereocenters. The van der Waals surface area contributed by atoms with Crippen LogP contribution in [0.3, 0.4) is 0 Å². The second-order valence-corrected chi connectivity index (χ2v) is 5.00. The van der Waals surface area contributed by atoms with Crippen LogP contribution in [0.2, 0.25) is 0 Å². The van der Waals surface area contributed by atoms with Gasteiger partial charge in [0.25, 0.3) is 0 Å². The van der Waals surface area contributed by atoms with Crippen LogP contribution in [0.5, 0.6) is 0 Å². The van der Waals surface area contributed by atoms with Gasteiger partial charge in [0, 0.05) is 18.3 Å². The highest BCUT2D eigenvalue weighted by Gasteiger charge is 2.25. The molecule has 1 fully saturated rings. The number of anilines is 3. The molecule has 0 amide bonds. The van der Waals surface area contributed by atoms with E-state index in [1.165, 1.54) is 18.5 Å². The fourth-order valence-electron chi connectivity index (χ4n) is 1.93. The zero-order valence-corrected chi connectivity index (χ0v) is 10.1. The topological polar surface area (TPSA) is 55.3 Å². The summed E-state index contributed by atoms with van der Waals surface area (Å²) in [5.41, 5.74) is 14.1. The molecule has 1 saturated carbocycles. The largest absolute Gasteiger partial charge is 0.397 e. The molecule has 0 aliphatic heterocycles. The highest BCUT2D eigenvalue weighted by molar-refractivity contribution is 5.70. The second kappa shape index (κ2) is 4.24. The predicted molar refractivity (Wildman–Crippen MR) is 70.5 cm³/mol. The zero-order chi connectivity index (χ0) is 11.7. The van der Waals surface area contributed by atoms with Crippen LogP contribution in [-0.2, 0) is 0 Å². The Balaban J connectivity index is 2.19. The van der Waals surface area contributed by atoms with Crippen molar-refractivity contribution < 1.29 is 0 Å². The van der Waals surface area contributed by atoms with E-state index in [4.69, 9.17) is 11.5 Å². The number of hydrogen-bond acceptors (Lipinski definition) is 3. The second-order valence-electron chi connectivity index (χ2n) is 5.00. The number of hydrogen-bond donors (Lipinski definition) is 2. The van der Waals surface area contributed by atoms with Gasteiger partial charge < -0.3 is 16.4 Å². The van der Waals surface area contributed by atoms with Gasteiger partial charge in [-0.05, 0) is 50.8 Å². The molecule has 1 aromatic rings. The minimum absolute atomic E-state index is 0.503. The molecule has 1 aromatic carbocycles. The predicted octanol–water partition coefficient (Wildman–Crippen LogP) is 2.48. The fraction of sp³-hybridized carbons (Fsp3) is 0.538. The summed E-state index contributed by atoms with van der Waals surface area (Å²) in [5.74, 6) is 0.876. The summed E-state index contributed by atoms with van der Waals surface area (Å²) < 4.78 is 0. The van der Waals surface area contributed by atoms with Crippen LogP contribution in [0.15, 0.2) is 18.2 Å². The van der Waals surface area contributed by atoms with Gasteiger partial charge in [0.05, 0.1) is 11.4 Å². The molecule has 0 heterocycles. The molecule has 3 heteroatoms. The van der Waals surface area contributed by atoms with Crippen molar-refractivity contribution in [2.75, 3.05) is 22.9 Å². The molecule has 0 radical (unpaired) electrons. The van der Waals surface area contributed by atoms with Crippen LogP contribution >= 0.6 is 0 Å². The SMILES string of the molecule is CC(C)N(CC1CC1)c1ccc(N)c(N)c1. The Kier molecular flexibility index (Phi) is 2.95. The van der Waals surface area contributed by atoms with Crippen LogP contribution < -0.4 is 16.4 Å². The van der Waals surface area contributed by atoms with Crippen molar-refractivity contribution >= 4 is 17.1 Å². The molecule has 0 spiro atoms. The third kappa shape index (κ3) is 2.40. The zero-order valence-electron chi connectivity index (χ0n) is 10.1. The quantitative estimate of drug-likeness (QED) is 0.765. The van der Waals surface area contributed by atoms with Crippen LogP contribution in [0, 0.1) is 5.92 Å². The number of nitrogens with two attached hydrogens (primary N) is 2. The van der Waals surface area contributed by atoms with Crippen LogP contribution in [0.1, 0.15) is 26.7 Å². The maximum absolute atomic E-state index is 5.85. The smallest absolute Gasteiger partial charge is 0.0568 e. The minimum atomic E-state index is 0.503. The summed E-state index contributed by atoms with van der Waals surface area (Å²) >= 11 is 0. The van der Waals surface area contributed by atoms with Gasteiger partial charge in [0.1, 0.15) is 0 Å². The molecule has 88 valence electrons. The van der Waals surface area contributed by atoms with E-state index >= 15 is 0 Å². The molecule has 3 nitrogen and oxygen atoms in total. The Morgan fingerprint density at radius 2 is 1.94 bits per heavy atom. The molecule has 1 aliphatic carbocycles. The lowest BCUT2D eigenvalue weighted by Crippen LogP contribution is -2.32. The van der Waals surface area contributed by atoms with Gasteiger partial charge in [-0.15, -0.1) is 0 Å². The average molecular weight is 219 g/mol. The molecule has 0 aromatic heterocycles. The Bertz CT molecular complexity index is 369. The molecule has 16 heavy (non-hydrogen) atoms. The minimum Gasteiger partial charge on any atom is -0.397 e. The van der Waals surface area contributed by atoms with E-state index in [9.17, 15) is 0 Å². The van der Waals surface area contributed by atoms with E-state index in [1.54, 1.807) is 0 Å². The van der Waals surface area contributed by atoms with Crippen molar-refractivity contribution in [2.45, 2.75) is 32.7 Å². The van der Waals surface area contributed by atoms with E-state index in [-0.39, 0.29) is 0 Å². The van der Waals surface area contributed by atoms with Crippen LogP contribution in [-0.4, -0.2) is 12.6 Å². The van der Waals surface area contributed by atoms with Gasteiger partial charge in [-0.1, -0.05) is 0 Å². The van der Waals surface area contributed by atoms with Gasteiger partial charge >= 0.3 is 0 Å². The molecule has 1 aliphatic rings. The third-order valence-electron chi connectivity index (χ3n) is 3.18. The molecule has 0 saturated heterocycles. The maximum atomic E-state index is 5.85. The number of nitrogen functional groups attached to an aromatic ring is 2. The summed E-state index contributed by atoms with van der Waals surface area (Å²) in [5, 5.41) is 0. The lowest BCUT2D eigenvalue weighted by atomic mass is 10.2. The number of nitrogens with zero attached hydrogens (tertiary/aromatic N) is 1. The lowest BCUT2D eigenvalue weighted by molar-refractivity contribution is 0.645. The molecule has 0 atom stereocenters. The Hall–Kier alpha value is -1.38. The van der Waals surface area contributed by atoms with E-state index in [1.807, 2.05) is 12.1 Å². The van der Waals surface area contributed by atoms with Gasteiger partial charge in [0.2, 0.25) is 0 Å². The van der Waals surface area contributed by atoms with Gasteiger partial charge in [-0.2, -0.15) is 0 Å². The first-order valence-corrected chi connectivity index (χ1v) is 5.99. The first-order chi connectivity index (χ1) is 7.58.